The number of anilines is 1. The minimum absolute atomic E-state index is 0.0194. The van der Waals surface area contributed by atoms with E-state index in [2.05, 4.69) is 27.2 Å². The summed E-state index contributed by atoms with van der Waals surface area (Å²) in [6, 6.07) is 9.84. The van der Waals surface area contributed by atoms with E-state index in [9.17, 15) is 4.79 Å². The molecule has 3 N–H and O–H groups in total. The Morgan fingerprint density at radius 3 is 2.50 bits per heavy atom. The Labute approximate surface area is 130 Å². The number of pyridine rings is 1. The van der Waals surface area contributed by atoms with Crippen LogP contribution in [0.5, 0.6) is 0 Å². The van der Waals surface area contributed by atoms with Crippen molar-refractivity contribution >= 4 is 11.6 Å². The minimum atomic E-state index is -0.251. The number of hydrazine groups is 1. The zero-order chi connectivity index (χ0) is 15.5. The quantitative estimate of drug-likeness (QED) is 0.813. The molecule has 2 aromatic rings. The second-order valence-electron chi connectivity index (χ2n) is 5.78. The van der Waals surface area contributed by atoms with Crippen LogP contribution in [-0.4, -0.2) is 16.9 Å². The van der Waals surface area contributed by atoms with E-state index in [1.165, 1.54) is 0 Å². The van der Waals surface area contributed by atoms with Crippen molar-refractivity contribution in [1.82, 2.24) is 15.8 Å². The monoisotopic (exact) mass is 296 g/mol. The lowest BCUT2D eigenvalue weighted by atomic mass is 10.0. The fourth-order valence-electron chi connectivity index (χ4n) is 2.82. The number of carbonyl (C=O) groups excluding carboxylic acids is 1. The van der Waals surface area contributed by atoms with Crippen LogP contribution in [0.25, 0.3) is 0 Å². The van der Waals surface area contributed by atoms with Gasteiger partial charge in [0.15, 0.2) is 0 Å². The van der Waals surface area contributed by atoms with Crippen LogP contribution in [0.3, 0.4) is 0 Å². The normalized spacial score (nSPS) is 20.8. The smallest absolute Gasteiger partial charge is 0.242 e. The highest BCUT2D eigenvalue weighted by Gasteiger charge is 2.30. The Morgan fingerprint density at radius 2 is 1.82 bits per heavy atom. The highest BCUT2D eigenvalue weighted by Crippen LogP contribution is 2.22. The Kier molecular flexibility index (Phi) is 4.18. The van der Waals surface area contributed by atoms with E-state index in [-0.39, 0.29) is 18.0 Å². The van der Waals surface area contributed by atoms with E-state index in [0.29, 0.717) is 6.42 Å². The van der Waals surface area contributed by atoms with Crippen LogP contribution in [0.4, 0.5) is 5.69 Å². The number of hydrogen-bond donors (Lipinski definition) is 3. The first kappa shape index (κ1) is 14.7. The van der Waals surface area contributed by atoms with Crippen LogP contribution >= 0.6 is 0 Å². The van der Waals surface area contributed by atoms with E-state index in [0.717, 1.165) is 22.4 Å². The summed E-state index contributed by atoms with van der Waals surface area (Å²) >= 11 is 0. The van der Waals surface area contributed by atoms with Gasteiger partial charge in [-0.25, -0.2) is 10.9 Å². The fourth-order valence-corrected chi connectivity index (χ4v) is 2.82. The van der Waals surface area contributed by atoms with Crippen LogP contribution < -0.4 is 16.2 Å². The largest absolute Gasteiger partial charge is 0.325 e. The van der Waals surface area contributed by atoms with Crippen molar-refractivity contribution in [2.24, 2.45) is 0 Å². The molecule has 1 fully saturated rings. The van der Waals surface area contributed by atoms with Gasteiger partial charge in [0.2, 0.25) is 5.91 Å². The number of rotatable bonds is 3. The molecular weight excluding hydrogens is 276 g/mol. The van der Waals surface area contributed by atoms with Gasteiger partial charge in [-0.1, -0.05) is 6.07 Å². The van der Waals surface area contributed by atoms with Crippen molar-refractivity contribution in [2.75, 3.05) is 5.32 Å². The maximum atomic E-state index is 12.4. The number of benzene rings is 1. The Morgan fingerprint density at radius 1 is 1.14 bits per heavy atom. The van der Waals surface area contributed by atoms with Crippen molar-refractivity contribution in [3.05, 3.63) is 59.4 Å². The number of nitrogens with one attached hydrogen (secondary N) is 3. The van der Waals surface area contributed by atoms with Crippen molar-refractivity contribution in [2.45, 2.75) is 32.4 Å². The zero-order valence-corrected chi connectivity index (χ0v) is 12.8. The highest BCUT2D eigenvalue weighted by atomic mass is 16.2. The number of carbonyl (C=O) groups is 1. The van der Waals surface area contributed by atoms with Gasteiger partial charge in [-0.3, -0.25) is 9.78 Å². The van der Waals surface area contributed by atoms with E-state index in [1.54, 1.807) is 12.4 Å². The van der Waals surface area contributed by atoms with E-state index in [4.69, 9.17) is 0 Å². The number of aryl methyl sites for hydroxylation is 2. The predicted octanol–water partition coefficient (Wildman–Crippen LogP) is 2.24. The number of aromatic nitrogens is 1. The minimum Gasteiger partial charge on any atom is -0.325 e. The molecule has 1 aliphatic rings. The first-order chi connectivity index (χ1) is 10.6. The molecule has 0 spiro atoms. The molecule has 1 aromatic heterocycles. The summed E-state index contributed by atoms with van der Waals surface area (Å²) in [5.74, 6) is -0.0194. The lowest BCUT2D eigenvalue weighted by Gasteiger charge is -2.12. The van der Waals surface area contributed by atoms with Crippen LogP contribution in [-0.2, 0) is 4.79 Å². The fraction of sp³-hybridized carbons (Fsp3) is 0.294. The van der Waals surface area contributed by atoms with Gasteiger partial charge in [-0.05, 0) is 61.2 Å². The van der Waals surface area contributed by atoms with Crippen molar-refractivity contribution < 1.29 is 4.79 Å². The Bertz CT molecular complexity index is 651. The molecule has 0 radical (unpaired) electrons. The molecule has 22 heavy (non-hydrogen) atoms. The second kappa shape index (κ2) is 6.25. The molecule has 1 amide bonds. The third kappa shape index (κ3) is 3.32. The lowest BCUT2D eigenvalue weighted by Crippen LogP contribution is -2.39. The molecule has 1 saturated heterocycles. The maximum Gasteiger partial charge on any atom is 0.242 e. The average molecular weight is 296 g/mol. The van der Waals surface area contributed by atoms with Gasteiger partial charge < -0.3 is 5.32 Å². The molecule has 5 nitrogen and oxygen atoms in total. The van der Waals surface area contributed by atoms with Crippen LogP contribution in [0, 0.1) is 13.8 Å². The Hall–Kier alpha value is -2.24. The molecule has 0 bridgehead atoms. The van der Waals surface area contributed by atoms with Crippen molar-refractivity contribution in [1.29, 1.82) is 0 Å². The predicted molar refractivity (Wildman–Crippen MR) is 86.2 cm³/mol. The van der Waals surface area contributed by atoms with Gasteiger partial charge in [0.05, 0.1) is 0 Å². The second-order valence-corrected chi connectivity index (χ2v) is 5.78. The van der Waals surface area contributed by atoms with E-state index in [1.807, 2.05) is 38.1 Å². The SMILES string of the molecule is Cc1cc(C)cc(NC(=O)C2CC(c3ccncc3)NN2)c1. The van der Waals surface area contributed by atoms with Gasteiger partial charge in [-0.2, -0.15) is 0 Å². The van der Waals surface area contributed by atoms with Gasteiger partial charge in [0, 0.05) is 24.1 Å². The molecule has 2 atom stereocenters. The summed E-state index contributed by atoms with van der Waals surface area (Å²) < 4.78 is 0. The molecule has 2 unspecified atom stereocenters. The molecule has 2 heterocycles. The molecular formula is C17H20N4O. The average Bonchev–Trinajstić information content (AvgIpc) is 2.97. The number of hydrogen-bond acceptors (Lipinski definition) is 4. The van der Waals surface area contributed by atoms with E-state index < -0.39 is 0 Å². The topological polar surface area (TPSA) is 66.0 Å². The van der Waals surface area contributed by atoms with Crippen molar-refractivity contribution in [3.63, 3.8) is 0 Å². The Balaban J connectivity index is 1.64. The molecule has 114 valence electrons. The summed E-state index contributed by atoms with van der Waals surface area (Å²) in [6.07, 6.45) is 4.24. The molecule has 0 saturated carbocycles. The highest BCUT2D eigenvalue weighted by molar-refractivity contribution is 5.95. The van der Waals surface area contributed by atoms with Crippen LogP contribution in [0.2, 0.25) is 0 Å². The molecule has 1 aliphatic heterocycles. The van der Waals surface area contributed by atoms with E-state index >= 15 is 0 Å². The van der Waals surface area contributed by atoms with Gasteiger partial charge >= 0.3 is 0 Å². The standard InChI is InChI=1S/C17H20N4O/c1-11-7-12(2)9-14(8-11)19-17(22)16-10-15(20-21-16)13-3-5-18-6-4-13/h3-9,15-16,20-21H,10H2,1-2H3,(H,19,22). The summed E-state index contributed by atoms with van der Waals surface area (Å²) in [5.41, 5.74) is 10.5. The zero-order valence-electron chi connectivity index (χ0n) is 12.8. The summed E-state index contributed by atoms with van der Waals surface area (Å²) in [5, 5.41) is 2.98. The molecule has 0 aliphatic carbocycles. The molecule has 3 rings (SSSR count). The first-order valence-electron chi connectivity index (χ1n) is 7.42. The third-order valence-electron chi connectivity index (χ3n) is 3.82. The number of nitrogens with zero attached hydrogens (tertiary/aromatic N) is 1. The van der Waals surface area contributed by atoms with Crippen LogP contribution in [0.1, 0.15) is 29.2 Å². The summed E-state index contributed by atoms with van der Waals surface area (Å²) in [4.78, 5) is 16.4. The maximum absolute atomic E-state index is 12.4. The lowest BCUT2D eigenvalue weighted by molar-refractivity contribution is -0.117. The van der Waals surface area contributed by atoms with Gasteiger partial charge in [0.1, 0.15) is 6.04 Å². The summed E-state index contributed by atoms with van der Waals surface area (Å²) in [7, 11) is 0. The summed E-state index contributed by atoms with van der Waals surface area (Å²) in [6.45, 7) is 4.05. The van der Waals surface area contributed by atoms with Gasteiger partial charge in [0.25, 0.3) is 0 Å². The first-order valence-corrected chi connectivity index (χ1v) is 7.42. The molecule has 1 aromatic carbocycles. The van der Waals surface area contributed by atoms with Crippen molar-refractivity contribution in [3.8, 4) is 0 Å². The third-order valence-corrected chi connectivity index (χ3v) is 3.82. The van der Waals surface area contributed by atoms with Gasteiger partial charge in [-0.15, -0.1) is 0 Å². The van der Waals surface area contributed by atoms with Crippen LogP contribution in [0.15, 0.2) is 42.7 Å². The molecule has 5 heteroatoms. The number of amides is 1.